The van der Waals surface area contributed by atoms with Gasteiger partial charge in [0.15, 0.2) is 0 Å². The summed E-state index contributed by atoms with van der Waals surface area (Å²) >= 11 is 3.25. The van der Waals surface area contributed by atoms with Gasteiger partial charge in [0.2, 0.25) is 0 Å². The van der Waals surface area contributed by atoms with Gasteiger partial charge in [0.1, 0.15) is 17.3 Å². The lowest BCUT2D eigenvalue weighted by Crippen LogP contribution is -2.06. The van der Waals surface area contributed by atoms with Crippen molar-refractivity contribution in [3.05, 3.63) is 52.8 Å². The third-order valence-electron chi connectivity index (χ3n) is 2.62. The van der Waals surface area contributed by atoms with Crippen LogP contribution in [0.1, 0.15) is 6.42 Å². The first-order chi connectivity index (χ1) is 9.66. The van der Waals surface area contributed by atoms with E-state index in [-0.39, 0.29) is 5.82 Å². The molecule has 106 valence electrons. The van der Waals surface area contributed by atoms with Gasteiger partial charge >= 0.3 is 0 Å². The highest BCUT2D eigenvalue weighted by atomic mass is 79.9. The molecule has 2 aromatic carbocycles. The van der Waals surface area contributed by atoms with Crippen LogP contribution in [-0.2, 0) is 0 Å². The fraction of sp³-hybridized carbons (Fsp3) is 0.200. The van der Waals surface area contributed by atoms with E-state index in [4.69, 9.17) is 15.2 Å². The minimum absolute atomic E-state index is 0.299. The standard InChI is InChI=1S/C15H15BrFNO2/c16-12-10-11(17)6-7-14(12)19-8-3-9-20-15-5-2-1-4-13(15)18/h1-2,4-7,10H,3,8-9,18H2. The van der Waals surface area contributed by atoms with E-state index < -0.39 is 0 Å². The van der Waals surface area contributed by atoms with E-state index in [9.17, 15) is 4.39 Å². The van der Waals surface area contributed by atoms with Crippen molar-refractivity contribution in [1.29, 1.82) is 0 Å². The number of ether oxygens (including phenoxy) is 2. The molecule has 2 aromatic rings. The van der Waals surface area contributed by atoms with Crippen LogP contribution in [0.25, 0.3) is 0 Å². The van der Waals surface area contributed by atoms with Crippen LogP contribution in [0.15, 0.2) is 46.9 Å². The maximum atomic E-state index is 12.9. The normalized spacial score (nSPS) is 10.3. The first kappa shape index (κ1) is 14.7. The summed E-state index contributed by atoms with van der Waals surface area (Å²) in [6, 6.07) is 11.7. The van der Waals surface area contributed by atoms with Gasteiger partial charge in [-0.15, -0.1) is 0 Å². The third kappa shape index (κ3) is 4.13. The smallest absolute Gasteiger partial charge is 0.142 e. The van der Waals surface area contributed by atoms with Crippen molar-refractivity contribution >= 4 is 21.6 Å². The molecule has 0 saturated carbocycles. The summed E-state index contributed by atoms with van der Waals surface area (Å²) in [4.78, 5) is 0. The van der Waals surface area contributed by atoms with Crippen molar-refractivity contribution in [2.75, 3.05) is 18.9 Å². The molecule has 0 aromatic heterocycles. The monoisotopic (exact) mass is 339 g/mol. The number of nitrogens with two attached hydrogens (primary N) is 1. The summed E-state index contributed by atoms with van der Waals surface area (Å²) in [6.07, 6.45) is 0.706. The van der Waals surface area contributed by atoms with Gasteiger partial charge in [-0.2, -0.15) is 0 Å². The summed E-state index contributed by atoms with van der Waals surface area (Å²) < 4.78 is 24.6. The second-order valence-electron chi connectivity index (χ2n) is 4.16. The minimum atomic E-state index is -0.299. The van der Waals surface area contributed by atoms with Crippen LogP contribution < -0.4 is 15.2 Å². The molecule has 2 N–H and O–H groups in total. The summed E-state index contributed by atoms with van der Waals surface area (Å²) in [6.45, 7) is 0.990. The van der Waals surface area contributed by atoms with Gasteiger partial charge in [-0.25, -0.2) is 4.39 Å². The Hall–Kier alpha value is -1.75. The number of nitrogen functional groups attached to an aromatic ring is 1. The molecule has 0 spiro atoms. The highest BCUT2D eigenvalue weighted by Crippen LogP contribution is 2.25. The van der Waals surface area contributed by atoms with E-state index >= 15 is 0 Å². The van der Waals surface area contributed by atoms with E-state index in [0.717, 1.165) is 0 Å². The summed E-state index contributed by atoms with van der Waals surface area (Å²) in [7, 11) is 0. The molecule has 20 heavy (non-hydrogen) atoms. The molecule has 0 saturated heterocycles. The molecule has 3 nitrogen and oxygen atoms in total. The molecule has 0 unspecified atom stereocenters. The molecule has 0 aliphatic rings. The quantitative estimate of drug-likeness (QED) is 0.638. The van der Waals surface area contributed by atoms with E-state index in [1.165, 1.54) is 12.1 Å². The van der Waals surface area contributed by atoms with Gasteiger partial charge in [0.25, 0.3) is 0 Å². The predicted octanol–water partition coefficient (Wildman–Crippen LogP) is 4.02. The van der Waals surface area contributed by atoms with Gasteiger partial charge in [-0.1, -0.05) is 12.1 Å². The van der Waals surface area contributed by atoms with Gasteiger partial charge < -0.3 is 15.2 Å². The van der Waals surface area contributed by atoms with Crippen LogP contribution in [0.2, 0.25) is 0 Å². The fourth-order valence-corrected chi connectivity index (χ4v) is 2.09. The molecule has 0 fully saturated rings. The number of halogens is 2. The zero-order valence-electron chi connectivity index (χ0n) is 10.8. The number of hydrogen-bond donors (Lipinski definition) is 1. The second-order valence-corrected chi connectivity index (χ2v) is 5.02. The Morgan fingerprint density at radius 3 is 2.40 bits per heavy atom. The molecule has 0 bridgehead atoms. The molecule has 0 amide bonds. The minimum Gasteiger partial charge on any atom is -0.492 e. The Labute approximate surface area is 125 Å². The lowest BCUT2D eigenvalue weighted by Gasteiger charge is -2.10. The van der Waals surface area contributed by atoms with Crippen molar-refractivity contribution < 1.29 is 13.9 Å². The Kier molecular flexibility index (Phi) is 5.24. The Bertz CT molecular complexity index is 578. The third-order valence-corrected chi connectivity index (χ3v) is 3.24. The average molecular weight is 340 g/mol. The Morgan fingerprint density at radius 2 is 1.70 bits per heavy atom. The van der Waals surface area contributed by atoms with E-state index in [2.05, 4.69) is 15.9 Å². The van der Waals surface area contributed by atoms with Crippen LogP contribution >= 0.6 is 15.9 Å². The molecule has 0 aliphatic heterocycles. The lowest BCUT2D eigenvalue weighted by atomic mass is 10.3. The second kappa shape index (κ2) is 7.14. The molecule has 5 heteroatoms. The highest BCUT2D eigenvalue weighted by Gasteiger charge is 2.03. The molecule has 0 atom stereocenters. The number of hydrogen-bond acceptors (Lipinski definition) is 3. The first-order valence-electron chi connectivity index (χ1n) is 6.22. The lowest BCUT2D eigenvalue weighted by molar-refractivity contribution is 0.247. The van der Waals surface area contributed by atoms with E-state index in [0.29, 0.717) is 41.3 Å². The average Bonchev–Trinajstić information content (AvgIpc) is 2.42. The van der Waals surface area contributed by atoms with Crippen LogP contribution in [0, 0.1) is 5.82 Å². The largest absolute Gasteiger partial charge is 0.492 e. The Balaban J connectivity index is 1.73. The van der Waals surface area contributed by atoms with Crippen LogP contribution in [0.5, 0.6) is 11.5 Å². The van der Waals surface area contributed by atoms with Crippen molar-refractivity contribution in [2.24, 2.45) is 0 Å². The van der Waals surface area contributed by atoms with Gasteiger partial charge in [0.05, 0.1) is 23.4 Å². The molecular formula is C15H15BrFNO2. The molecular weight excluding hydrogens is 325 g/mol. The zero-order chi connectivity index (χ0) is 14.4. The van der Waals surface area contributed by atoms with Crippen molar-refractivity contribution in [1.82, 2.24) is 0 Å². The van der Waals surface area contributed by atoms with E-state index in [1.807, 2.05) is 18.2 Å². The van der Waals surface area contributed by atoms with Gasteiger partial charge in [0, 0.05) is 6.42 Å². The number of anilines is 1. The molecule has 0 heterocycles. The topological polar surface area (TPSA) is 44.5 Å². The van der Waals surface area contributed by atoms with Crippen molar-refractivity contribution in [3.63, 3.8) is 0 Å². The SMILES string of the molecule is Nc1ccccc1OCCCOc1ccc(F)cc1Br. The molecule has 2 rings (SSSR count). The van der Waals surface area contributed by atoms with Crippen LogP contribution in [-0.4, -0.2) is 13.2 Å². The number of benzene rings is 2. The van der Waals surface area contributed by atoms with Gasteiger partial charge in [-0.3, -0.25) is 0 Å². The summed E-state index contributed by atoms with van der Waals surface area (Å²) in [5.41, 5.74) is 6.38. The van der Waals surface area contributed by atoms with Crippen molar-refractivity contribution in [2.45, 2.75) is 6.42 Å². The number of rotatable bonds is 6. The Morgan fingerprint density at radius 1 is 1.00 bits per heavy atom. The van der Waals surface area contributed by atoms with Crippen LogP contribution in [0.4, 0.5) is 10.1 Å². The summed E-state index contributed by atoms with van der Waals surface area (Å²) in [5.74, 6) is 0.994. The van der Waals surface area contributed by atoms with Crippen molar-refractivity contribution in [3.8, 4) is 11.5 Å². The summed E-state index contributed by atoms with van der Waals surface area (Å²) in [5, 5.41) is 0. The fourth-order valence-electron chi connectivity index (χ4n) is 1.63. The van der Waals surface area contributed by atoms with E-state index in [1.54, 1.807) is 12.1 Å². The number of para-hydroxylation sites is 2. The highest BCUT2D eigenvalue weighted by molar-refractivity contribution is 9.10. The molecule has 0 radical (unpaired) electrons. The maximum Gasteiger partial charge on any atom is 0.142 e. The predicted molar refractivity (Wildman–Crippen MR) is 80.6 cm³/mol. The first-order valence-corrected chi connectivity index (χ1v) is 7.01. The molecule has 0 aliphatic carbocycles. The van der Waals surface area contributed by atoms with Gasteiger partial charge in [-0.05, 0) is 46.3 Å². The maximum absolute atomic E-state index is 12.9. The van der Waals surface area contributed by atoms with Crippen LogP contribution in [0.3, 0.4) is 0 Å². The zero-order valence-corrected chi connectivity index (χ0v) is 12.4.